The fraction of sp³-hybridized carbons (Fsp3) is 0.538. The maximum Gasteiger partial charge on any atom is 0.410 e. The highest BCUT2D eigenvalue weighted by Gasteiger charge is 2.30. The molecule has 1 aliphatic heterocycles. The van der Waals surface area contributed by atoms with Crippen LogP contribution in [0.5, 0.6) is 0 Å². The molecule has 0 aromatic rings. The van der Waals surface area contributed by atoms with Crippen molar-refractivity contribution >= 4 is 12.1 Å². The Morgan fingerprint density at radius 2 is 2.28 bits per heavy atom. The predicted molar refractivity (Wildman–Crippen MR) is 67.0 cm³/mol. The number of carbonyl (C=O) groups is 2. The van der Waals surface area contributed by atoms with Crippen molar-refractivity contribution in [1.29, 1.82) is 0 Å². The second-order valence-electron chi connectivity index (χ2n) is 4.98. The first-order valence-electron chi connectivity index (χ1n) is 5.79. The number of carbonyl (C=O) groups excluding carboxylic acids is 2. The summed E-state index contributed by atoms with van der Waals surface area (Å²) < 4.78 is 10.0. The van der Waals surface area contributed by atoms with E-state index in [0.29, 0.717) is 6.54 Å². The molecule has 1 rings (SSSR count). The van der Waals surface area contributed by atoms with Crippen LogP contribution >= 0.6 is 0 Å². The molecule has 0 saturated carbocycles. The van der Waals surface area contributed by atoms with Crippen molar-refractivity contribution in [3.8, 4) is 0 Å². The minimum atomic E-state index is -0.524. The molecule has 0 radical (unpaired) electrons. The lowest BCUT2D eigenvalue weighted by molar-refractivity contribution is -0.148. The average molecular weight is 253 g/mol. The van der Waals surface area contributed by atoms with Crippen LogP contribution in [0.2, 0.25) is 0 Å². The van der Waals surface area contributed by atoms with Gasteiger partial charge in [-0.3, -0.25) is 4.90 Å². The van der Waals surface area contributed by atoms with Gasteiger partial charge in [0.1, 0.15) is 12.2 Å². The normalized spacial score (nSPS) is 20.1. The van der Waals surface area contributed by atoms with Crippen LogP contribution in [0.4, 0.5) is 4.79 Å². The molecule has 100 valence electrons. The molecular formula is C13H19NO4. The summed E-state index contributed by atoms with van der Waals surface area (Å²) in [6.45, 7) is 9.59. The zero-order chi connectivity index (χ0) is 13.8. The van der Waals surface area contributed by atoms with Crippen LogP contribution in [0.25, 0.3) is 0 Å². The highest BCUT2D eigenvalue weighted by atomic mass is 16.6. The Morgan fingerprint density at radius 3 is 2.83 bits per heavy atom. The number of amides is 1. The van der Waals surface area contributed by atoms with E-state index in [1.165, 1.54) is 11.0 Å². The monoisotopic (exact) mass is 253 g/mol. The van der Waals surface area contributed by atoms with E-state index in [9.17, 15) is 9.59 Å². The van der Waals surface area contributed by atoms with E-state index >= 15 is 0 Å². The molecule has 1 saturated heterocycles. The van der Waals surface area contributed by atoms with E-state index < -0.39 is 17.7 Å². The Morgan fingerprint density at radius 1 is 1.61 bits per heavy atom. The summed E-state index contributed by atoms with van der Waals surface area (Å²) in [5.41, 5.74) is -0.524. The van der Waals surface area contributed by atoms with Gasteiger partial charge < -0.3 is 9.47 Å². The van der Waals surface area contributed by atoms with Crippen molar-refractivity contribution in [2.45, 2.75) is 32.4 Å². The number of nitrogens with zero attached hydrogens (tertiary/aromatic N) is 1. The van der Waals surface area contributed by atoms with Crippen LogP contribution in [0.15, 0.2) is 24.8 Å². The molecule has 0 aromatic heterocycles. The second kappa shape index (κ2) is 5.71. The zero-order valence-corrected chi connectivity index (χ0v) is 11.0. The quantitative estimate of drug-likeness (QED) is 0.436. The lowest BCUT2D eigenvalue weighted by atomic mass is 10.2. The largest absolute Gasteiger partial charge is 0.457 e. The fourth-order valence-electron chi connectivity index (χ4n) is 1.50. The van der Waals surface area contributed by atoms with Crippen LogP contribution in [-0.4, -0.2) is 41.8 Å². The molecule has 1 amide bonds. The molecule has 0 aromatic carbocycles. The number of rotatable bonds is 4. The minimum absolute atomic E-state index is 0.242. The summed E-state index contributed by atoms with van der Waals surface area (Å²) in [4.78, 5) is 24.3. The van der Waals surface area contributed by atoms with Crippen molar-refractivity contribution in [2.24, 2.45) is 0 Å². The van der Waals surface area contributed by atoms with E-state index in [1.54, 1.807) is 32.9 Å². The Bertz CT molecular complexity index is 368. The molecule has 0 bridgehead atoms. The molecule has 5 heteroatoms. The van der Waals surface area contributed by atoms with Crippen LogP contribution in [0, 0.1) is 0 Å². The first kappa shape index (κ1) is 14.3. The summed E-state index contributed by atoms with van der Waals surface area (Å²) in [6, 6.07) is -0.247. The number of hydrogen-bond acceptors (Lipinski definition) is 4. The van der Waals surface area contributed by atoms with Gasteiger partial charge in [-0.1, -0.05) is 12.2 Å². The number of ether oxygens (including phenoxy) is 2. The number of hydrogen-bond donors (Lipinski definition) is 0. The molecule has 1 aliphatic rings. The van der Waals surface area contributed by atoms with Gasteiger partial charge in [0, 0.05) is 12.6 Å². The van der Waals surface area contributed by atoms with Gasteiger partial charge in [0.25, 0.3) is 0 Å². The van der Waals surface area contributed by atoms with E-state index in [2.05, 4.69) is 6.58 Å². The van der Waals surface area contributed by atoms with E-state index in [-0.39, 0.29) is 12.6 Å². The maximum absolute atomic E-state index is 11.5. The van der Waals surface area contributed by atoms with E-state index in [0.717, 1.165) is 0 Å². The lowest BCUT2D eigenvalue weighted by Crippen LogP contribution is -2.32. The van der Waals surface area contributed by atoms with Crippen LogP contribution in [-0.2, 0) is 14.3 Å². The molecule has 1 fully saturated rings. The molecule has 1 heterocycles. The van der Waals surface area contributed by atoms with E-state index in [4.69, 9.17) is 9.47 Å². The Labute approximate surface area is 107 Å². The van der Waals surface area contributed by atoms with Crippen molar-refractivity contribution in [1.82, 2.24) is 4.90 Å². The summed E-state index contributed by atoms with van der Waals surface area (Å²) in [6.07, 6.45) is 4.16. The summed E-state index contributed by atoms with van der Waals surface area (Å²) >= 11 is 0. The Balaban J connectivity index is 2.58. The van der Waals surface area contributed by atoms with Gasteiger partial charge >= 0.3 is 12.1 Å². The molecule has 0 N–H and O–H groups in total. The first-order chi connectivity index (χ1) is 8.33. The van der Waals surface area contributed by atoms with Gasteiger partial charge in [-0.2, -0.15) is 0 Å². The van der Waals surface area contributed by atoms with E-state index in [1.807, 2.05) is 0 Å². The molecule has 0 aliphatic carbocycles. The molecule has 1 atom stereocenters. The van der Waals surface area contributed by atoms with Gasteiger partial charge in [-0.25, -0.2) is 9.59 Å². The average Bonchev–Trinajstić information content (AvgIpc) is 2.56. The summed E-state index contributed by atoms with van der Waals surface area (Å²) in [7, 11) is 0. The van der Waals surface area contributed by atoms with Crippen LogP contribution in [0.1, 0.15) is 20.8 Å². The van der Waals surface area contributed by atoms with Crippen molar-refractivity contribution < 1.29 is 19.1 Å². The molecule has 18 heavy (non-hydrogen) atoms. The lowest BCUT2D eigenvalue weighted by Gasteiger charge is -2.19. The highest BCUT2D eigenvalue weighted by molar-refractivity contribution is 5.82. The van der Waals surface area contributed by atoms with Crippen molar-refractivity contribution in [3.63, 3.8) is 0 Å². The molecule has 5 nitrogen and oxygen atoms in total. The summed E-state index contributed by atoms with van der Waals surface area (Å²) in [5, 5.41) is 0. The van der Waals surface area contributed by atoms with Crippen LogP contribution in [0.3, 0.4) is 0 Å². The van der Waals surface area contributed by atoms with Crippen molar-refractivity contribution in [3.05, 3.63) is 24.8 Å². The zero-order valence-electron chi connectivity index (χ0n) is 11.0. The topological polar surface area (TPSA) is 55.8 Å². The third-order valence-electron chi connectivity index (χ3n) is 2.20. The SMILES string of the molecule is C=CCN1C(=O)OC[C@@H]1/C=C/C(=O)OC(C)(C)C. The molecule has 0 spiro atoms. The highest BCUT2D eigenvalue weighted by Crippen LogP contribution is 2.14. The minimum Gasteiger partial charge on any atom is -0.457 e. The van der Waals surface area contributed by atoms with Gasteiger partial charge in [0.2, 0.25) is 0 Å². The smallest absolute Gasteiger partial charge is 0.410 e. The van der Waals surface area contributed by atoms with Gasteiger partial charge in [-0.15, -0.1) is 6.58 Å². The van der Waals surface area contributed by atoms with Gasteiger partial charge in [-0.05, 0) is 20.8 Å². The van der Waals surface area contributed by atoms with Crippen LogP contribution < -0.4 is 0 Å². The maximum atomic E-state index is 11.5. The third-order valence-corrected chi connectivity index (χ3v) is 2.20. The second-order valence-corrected chi connectivity index (χ2v) is 4.98. The fourth-order valence-corrected chi connectivity index (χ4v) is 1.50. The van der Waals surface area contributed by atoms with Crippen molar-refractivity contribution in [2.75, 3.05) is 13.2 Å². The number of esters is 1. The Hall–Kier alpha value is -1.78. The van der Waals surface area contributed by atoms with Gasteiger partial charge in [0.05, 0.1) is 6.04 Å². The molecular weight excluding hydrogens is 234 g/mol. The van der Waals surface area contributed by atoms with Gasteiger partial charge in [0.15, 0.2) is 0 Å². The standard InChI is InChI=1S/C13H19NO4/c1-5-8-14-10(9-17-12(14)16)6-7-11(15)18-13(2,3)4/h5-7,10H,1,8-9H2,2-4H3/b7-6+/t10-/m0/s1. The molecule has 0 unspecified atom stereocenters. The third kappa shape index (κ3) is 4.24. The summed E-state index contributed by atoms with van der Waals surface area (Å²) in [5.74, 6) is -0.430. The predicted octanol–water partition coefficient (Wildman–Crippen LogP) is 1.89. The number of cyclic esters (lactones) is 1. The first-order valence-corrected chi connectivity index (χ1v) is 5.79. The Kier molecular flexibility index (Phi) is 4.53.